The van der Waals surface area contributed by atoms with E-state index in [4.69, 9.17) is 0 Å². The number of anilines is 1. The van der Waals surface area contributed by atoms with Crippen LogP contribution in [0.25, 0.3) is 11.2 Å². The number of rotatable bonds is 3. The van der Waals surface area contributed by atoms with Crippen LogP contribution in [0.5, 0.6) is 5.75 Å². The zero-order valence-corrected chi connectivity index (χ0v) is 11.9. The van der Waals surface area contributed by atoms with Crippen LogP contribution in [-0.4, -0.2) is 25.0 Å². The maximum atomic E-state index is 9.84. The summed E-state index contributed by atoms with van der Waals surface area (Å²) in [7, 11) is 0. The number of phenols is 1. The first kappa shape index (κ1) is 12.2. The molecule has 3 aromatic rings. The van der Waals surface area contributed by atoms with Gasteiger partial charge in [0.1, 0.15) is 17.6 Å². The lowest BCUT2D eigenvalue weighted by Crippen LogP contribution is -2.04. The SMILES string of the molecule is Oc1cccc(I)c1CNc1ncnc2[nH]cnc12. The Balaban J connectivity index is 1.88. The molecular formula is C12H10IN5O. The van der Waals surface area contributed by atoms with Crippen molar-refractivity contribution in [2.75, 3.05) is 5.32 Å². The predicted molar refractivity (Wildman–Crippen MR) is 79.8 cm³/mol. The van der Waals surface area contributed by atoms with Gasteiger partial charge < -0.3 is 15.4 Å². The Morgan fingerprint density at radius 3 is 3.00 bits per heavy atom. The highest BCUT2D eigenvalue weighted by atomic mass is 127. The van der Waals surface area contributed by atoms with Gasteiger partial charge in [0.05, 0.1) is 6.33 Å². The largest absolute Gasteiger partial charge is 0.508 e. The standard InChI is InChI=1S/C12H10IN5O/c13-8-2-1-3-9(19)7(8)4-14-11-10-12(16-5-15-10)18-6-17-11/h1-3,5-6,19H,4H2,(H2,14,15,16,17,18). The van der Waals surface area contributed by atoms with Crippen molar-refractivity contribution in [2.45, 2.75) is 6.54 Å². The van der Waals surface area contributed by atoms with E-state index in [1.807, 2.05) is 12.1 Å². The van der Waals surface area contributed by atoms with Crippen LogP contribution in [-0.2, 0) is 6.54 Å². The van der Waals surface area contributed by atoms with Gasteiger partial charge in [-0.25, -0.2) is 15.0 Å². The van der Waals surface area contributed by atoms with Gasteiger partial charge in [0, 0.05) is 15.7 Å². The molecule has 0 atom stereocenters. The quantitative estimate of drug-likeness (QED) is 0.619. The fraction of sp³-hybridized carbons (Fsp3) is 0.0833. The molecule has 6 nitrogen and oxygen atoms in total. The highest BCUT2D eigenvalue weighted by Gasteiger charge is 2.09. The summed E-state index contributed by atoms with van der Waals surface area (Å²) in [6.45, 7) is 0.476. The van der Waals surface area contributed by atoms with E-state index < -0.39 is 0 Å². The topological polar surface area (TPSA) is 86.7 Å². The summed E-state index contributed by atoms with van der Waals surface area (Å²) >= 11 is 2.19. The number of H-pyrrole nitrogens is 1. The number of imidazole rings is 1. The van der Waals surface area contributed by atoms with E-state index >= 15 is 0 Å². The lowest BCUT2D eigenvalue weighted by Gasteiger charge is -2.09. The summed E-state index contributed by atoms with van der Waals surface area (Å²) in [5, 5.41) is 13.0. The van der Waals surface area contributed by atoms with Gasteiger partial charge in [0.15, 0.2) is 11.5 Å². The molecule has 19 heavy (non-hydrogen) atoms. The fourth-order valence-corrected chi connectivity index (χ4v) is 2.46. The van der Waals surface area contributed by atoms with Crippen molar-refractivity contribution in [1.29, 1.82) is 0 Å². The third-order valence-corrected chi connectivity index (χ3v) is 3.75. The van der Waals surface area contributed by atoms with Gasteiger partial charge in [-0.15, -0.1) is 0 Å². The molecule has 96 valence electrons. The van der Waals surface area contributed by atoms with Crippen LogP contribution in [0.1, 0.15) is 5.56 Å². The average Bonchev–Trinajstić information content (AvgIpc) is 2.87. The van der Waals surface area contributed by atoms with Crippen LogP contribution in [0.2, 0.25) is 0 Å². The van der Waals surface area contributed by atoms with Crippen LogP contribution in [0.15, 0.2) is 30.9 Å². The summed E-state index contributed by atoms with van der Waals surface area (Å²) in [5.41, 5.74) is 2.21. The molecule has 2 heterocycles. The molecular weight excluding hydrogens is 357 g/mol. The van der Waals surface area contributed by atoms with Crippen LogP contribution in [0.4, 0.5) is 5.82 Å². The number of halogens is 1. The number of nitrogens with one attached hydrogen (secondary N) is 2. The van der Waals surface area contributed by atoms with E-state index in [9.17, 15) is 5.11 Å². The van der Waals surface area contributed by atoms with E-state index in [1.165, 1.54) is 6.33 Å². The van der Waals surface area contributed by atoms with Gasteiger partial charge in [0.2, 0.25) is 0 Å². The molecule has 0 radical (unpaired) electrons. The Kier molecular flexibility index (Phi) is 3.20. The van der Waals surface area contributed by atoms with Crippen molar-refractivity contribution in [3.05, 3.63) is 40.0 Å². The molecule has 0 fully saturated rings. The molecule has 0 saturated heterocycles. The van der Waals surface area contributed by atoms with Crippen LogP contribution in [0.3, 0.4) is 0 Å². The second-order valence-corrected chi connectivity index (χ2v) is 5.08. The minimum absolute atomic E-state index is 0.270. The van der Waals surface area contributed by atoms with Crippen LogP contribution >= 0.6 is 22.6 Å². The predicted octanol–water partition coefficient (Wildman–Crippen LogP) is 2.28. The Morgan fingerprint density at radius 2 is 2.16 bits per heavy atom. The Morgan fingerprint density at radius 1 is 1.26 bits per heavy atom. The van der Waals surface area contributed by atoms with Gasteiger partial charge in [-0.3, -0.25) is 0 Å². The first-order chi connectivity index (χ1) is 9.25. The zero-order chi connectivity index (χ0) is 13.2. The maximum absolute atomic E-state index is 9.84. The van der Waals surface area contributed by atoms with Gasteiger partial charge in [-0.05, 0) is 34.7 Å². The summed E-state index contributed by atoms with van der Waals surface area (Å²) < 4.78 is 0.998. The van der Waals surface area contributed by atoms with Crippen molar-refractivity contribution < 1.29 is 5.11 Å². The Hall–Kier alpha value is -1.90. The third kappa shape index (κ3) is 2.33. The van der Waals surface area contributed by atoms with Crippen molar-refractivity contribution in [2.24, 2.45) is 0 Å². The number of hydrogen-bond acceptors (Lipinski definition) is 5. The minimum atomic E-state index is 0.270. The first-order valence-electron chi connectivity index (χ1n) is 5.60. The number of aromatic nitrogens is 4. The van der Waals surface area contributed by atoms with Crippen molar-refractivity contribution >= 4 is 39.6 Å². The highest BCUT2D eigenvalue weighted by Crippen LogP contribution is 2.24. The normalized spacial score (nSPS) is 10.8. The molecule has 0 amide bonds. The van der Waals surface area contributed by atoms with Crippen LogP contribution < -0.4 is 5.32 Å². The summed E-state index contributed by atoms with van der Waals surface area (Å²) in [5.74, 6) is 0.914. The molecule has 0 aliphatic carbocycles. The van der Waals surface area contributed by atoms with Gasteiger partial charge in [0.25, 0.3) is 0 Å². The minimum Gasteiger partial charge on any atom is -0.508 e. The van der Waals surface area contributed by atoms with E-state index in [2.05, 4.69) is 47.8 Å². The lowest BCUT2D eigenvalue weighted by atomic mass is 10.2. The maximum Gasteiger partial charge on any atom is 0.162 e. The zero-order valence-electron chi connectivity index (χ0n) is 9.76. The van der Waals surface area contributed by atoms with Crippen molar-refractivity contribution in [3.63, 3.8) is 0 Å². The highest BCUT2D eigenvalue weighted by molar-refractivity contribution is 14.1. The van der Waals surface area contributed by atoms with E-state index in [-0.39, 0.29) is 5.75 Å². The first-order valence-corrected chi connectivity index (χ1v) is 6.68. The molecule has 2 aromatic heterocycles. The molecule has 0 bridgehead atoms. The molecule has 0 unspecified atom stereocenters. The number of aromatic amines is 1. The smallest absolute Gasteiger partial charge is 0.162 e. The van der Waals surface area contributed by atoms with Gasteiger partial charge in [-0.2, -0.15) is 0 Å². The van der Waals surface area contributed by atoms with Crippen LogP contribution in [0, 0.1) is 3.57 Å². The number of phenolic OH excluding ortho intramolecular Hbond substituents is 1. The number of aromatic hydroxyl groups is 1. The molecule has 3 rings (SSSR count). The second-order valence-electron chi connectivity index (χ2n) is 3.91. The van der Waals surface area contributed by atoms with E-state index in [0.717, 1.165) is 9.13 Å². The van der Waals surface area contributed by atoms with E-state index in [0.29, 0.717) is 23.5 Å². The molecule has 0 spiro atoms. The lowest BCUT2D eigenvalue weighted by molar-refractivity contribution is 0.468. The number of nitrogens with zero attached hydrogens (tertiary/aromatic N) is 3. The molecule has 1 aromatic carbocycles. The van der Waals surface area contributed by atoms with Crippen molar-refractivity contribution in [3.8, 4) is 5.75 Å². The molecule has 0 aliphatic rings. The fourth-order valence-electron chi connectivity index (χ4n) is 1.79. The monoisotopic (exact) mass is 367 g/mol. The summed E-state index contributed by atoms with van der Waals surface area (Å²) in [4.78, 5) is 15.3. The average molecular weight is 367 g/mol. The summed E-state index contributed by atoms with van der Waals surface area (Å²) in [6, 6.07) is 5.43. The number of benzene rings is 1. The number of fused-ring (bicyclic) bond motifs is 1. The molecule has 0 aliphatic heterocycles. The van der Waals surface area contributed by atoms with Gasteiger partial charge in [-0.1, -0.05) is 6.07 Å². The molecule has 0 saturated carbocycles. The van der Waals surface area contributed by atoms with Gasteiger partial charge >= 0.3 is 0 Å². The number of hydrogen-bond donors (Lipinski definition) is 3. The van der Waals surface area contributed by atoms with Crippen molar-refractivity contribution in [1.82, 2.24) is 19.9 Å². The Labute approximate surface area is 122 Å². The second kappa shape index (κ2) is 5.00. The Bertz CT molecular complexity index is 707. The summed E-state index contributed by atoms with van der Waals surface area (Å²) in [6.07, 6.45) is 3.05. The molecule has 3 N–H and O–H groups in total. The third-order valence-electron chi connectivity index (χ3n) is 2.74. The van der Waals surface area contributed by atoms with E-state index in [1.54, 1.807) is 12.4 Å². The molecule has 7 heteroatoms.